The Kier molecular flexibility index (Phi) is 2.96. The molecule has 0 radical (unpaired) electrons. The normalized spacial score (nSPS) is 16.9. The van der Waals surface area contributed by atoms with Gasteiger partial charge >= 0.3 is 0 Å². The van der Waals surface area contributed by atoms with Crippen LogP contribution >= 0.6 is 11.6 Å². The van der Waals surface area contributed by atoms with E-state index in [1.54, 1.807) is 4.90 Å². The lowest BCUT2D eigenvalue weighted by Crippen LogP contribution is -2.35. The highest BCUT2D eigenvalue weighted by atomic mass is 35.5. The topological polar surface area (TPSA) is 20.3 Å². The number of anilines is 1. The number of aryl methyl sites for hydroxylation is 1. The maximum absolute atomic E-state index is 11.7. The first-order chi connectivity index (χ1) is 7.18. The fourth-order valence-electron chi connectivity index (χ4n) is 1.89. The van der Waals surface area contributed by atoms with Crippen molar-refractivity contribution in [3.8, 4) is 0 Å². The molecular formula is C12H14ClNO. The van der Waals surface area contributed by atoms with Crippen LogP contribution in [-0.2, 0) is 4.79 Å². The van der Waals surface area contributed by atoms with E-state index in [0.717, 1.165) is 30.6 Å². The van der Waals surface area contributed by atoms with Crippen LogP contribution in [0, 0.1) is 6.92 Å². The summed E-state index contributed by atoms with van der Waals surface area (Å²) in [5.41, 5.74) is 1.97. The van der Waals surface area contributed by atoms with Gasteiger partial charge in [0, 0.05) is 13.0 Å². The molecule has 1 heterocycles. The highest BCUT2D eigenvalue weighted by Gasteiger charge is 2.21. The first-order valence-electron chi connectivity index (χ1n) is 5.25. The first-order valence-corrected chi connectivity index (χ1v) is 5.63. The maximum atomic E-state index is 11.7. The monoisotopic (exact) mass is 223 g/mol. The third-order valence-electron chi connectivity index (χ3n) is 2.72. The second kappa shape index (κ2) is 4.23. The second-order valence-corrected chi connectivity index (χ2v) is 4.36. The molecule has 1 aliphatic rings. The summed E-state index contributed by atoms with van der Waals surface area (Å²) in [6, 6.07) is 5.82. The number of benzene rings is 1. The average molecular weight is 224 g/mol. The third-order valence-corrected chi connectivity index (χ3v) is 3.02. The Balaban J connectivity index is 2.31. The van der Waals surface area contributed by atoms with Gasteiger partial charge in [-0.15, -0.1) is 0 Å². The number of carbonyl (C=O) groups is 1. The van der Waals surface area contributed by atoms with Gasteiger partial charge < -0.3 is 4.90 Å². The zero-order chi connectivity index (χ0) is 10.8. The summed E-state index contributed by atoms with van der Waals surface area (Å²) in [6.07, 6.45) is 2.71. The molecule has 1 aromatic rings. The lowest BCUT2D eigenvalue weighted by Gasteiger charge is -2.27. The molecule has 0 aromatic heterocycles. The van der Waals surface area contributed by atoms with Crippen molar-refractivity contribution in [2.45, 2.75) is 26.2 Å². The van der Waals surface area contributed by atoms with Gasteiger partial charge in [0.1, 0.15) is 0 Å². The van der Waals surface area contributed by atoms with Crippen LogP contribution in [0.15, 0.2) is 18.2 Å². The summed E-state index contributed by atoms with van der Waals surface area (Å²) < 4.78 is 0. The largest absolute Gasteiger partial charge is 0.311 e. The molecule has 0 saturated carbocycles. The molecule has 2 nitrogen and oxygen atoms in total. The number of hydrogen-bond acceptors (Lipinski definition) is 1. The van der Waals surface area contributed by atoms with Crippen LogP contribution in [0.1, 0.15) is 24.8 Å². The second-order valence-electron chi connectivity index (χ2n) is 3.96. The number of piperidine rings is 1. The molecular weight excluding hydrogens is 210 g/mol. The molecule has 0 unspecified atom stereocenters. The van der Waals surface area contributed by atoms with E-state index >= 15 is 0 Å². The van der Waals surface area contributed by atoms with E-state index in [1.165, 1.54) is 0 Å². The van der Waals surface area contributed by atoms with E-state index in [9.17, 15) is 4.79 Å². The Morgan fingerprint density at radius 2 is 2.13 bits per heavy atom. The lowest BCUT2D eigenvalue weighted by molar-refractivity contribution is -0.119. The molecule has 1 fully saturated rings. The number of hydrogen-bond donors (Lipinski definition) is 0. The molecule has 0 atom stereocenters. The van der Waals surface area contributed by atoms with Crippen molar-refractivity contribution in [1.82, 2.24) is 0 Å². The van der Waals surface area contributed by atoms with Gasteiger partial charge in [0.2, 0.25) is 5.91 Å². The van der Waals surface area contributed by atoms with Crippen LogP contribution in [0.2, 0.25) is 5.02 Å². The number of amides is 1. The standard InChI is InChI=1S/C12H14ClNO/c1-9-5-6-11(10(13)8-9)14-7-3-2-4-12(14)15/h5-6,8H,2-4,7H2,1H3. The fourth-order valence-corrected chi connectivity index (χ4v) is 2.23. The van der Waals surface area contributed by atoms with Crippen LogP contribution < -0.4 is 4.90 Å². The number of halogens is 1. The number of carbonyl (C=O) groups excluding carboxylic acids is 1. The van der Waals surface area contributed by atoms with Crippen molar-refractivity contribution in [2.75, 3.05) is 11.4 Å². The Bertz CT molecular complexity index is 389. The lowest BCUT2D eigenvalue weighted by atomic mass is 10.1. The van der Waals surface area contributed by atoms with Crippen LogP contribution in [-0.4, -0.2) is 12.5 Å². The maximum Gasteiger partial charge on any atom is 0.227 e. The molecule has 0 N–H and O–H groups in total. The molecule has 2 rings (SSSR count). The van der Waals surface area contributed by atoms with Gasteiger partial charge in [0.25, 0.3) is 0 Å². The van der Waals surface area contributed by atoms with E-state index in [0.29, 0.717) is 11.4 Å². The quantitative estimate of drug-likeness (QED) is 0.716. The molecule has 0 spiro atoms. The Hall–Kier alpha value is -1.02. The molecule has 1 amide bonds. The summed E-state index contributed by atoms with van der Waals surface area (Å²) in [4.78, 5) is 13.5. The molecule has 0 bridgehead atoms. The summed E-state index contributed by atoms with van der Waals surface area (Å²) in [5.74, 6) is 0.187. The van der Waals surface area contributed by atoms with E-state index in [2.05, 4.69) is 0 Å². The van der Waals surface area contributed by atoms with E-state index in [4.69, 9.17) is 11.6 Å². The van der Waals surface area contributed by atoms with Gasteiger partial charge in [0.05, 0.1) is 10.7 Å². The highest BCUT2D eigenvalue weighted by Crippen LogP contribution is 2.29. The van der Waals surface area contributed by atoms with Crippen molar-refractivity contribution in [1.29, 1.82) is 0 Å². The molecule has 0 aliphatic carbocycles. The third kappa shape index (κ3) is 2.15. The highest BCUT2D eigenvalue weighted by molar-refractivity contribution is 6.33. The molecule has 1 aromatic carbocycles. The Morgan fingerprint density at radius 3 is 2.80 bits per heavy atom. The van der Waals surface area contributed by atoms with E-state index < -0.39 is 0 Å². The summed E-state index contributed by atoms with van der Waals surface area (Å²) in [7, 11) is 0. The number of nitrogens with zero attached hydrogens (tertiary/aromatic N) is 1. The van der Waals surface area contributed by atoms with Gasteiger partial charge in [-0.1, -0.05) is 17.7 Å². The predicted octanol–water partition coefficient (Wildman–Crippen LogP) is 3.17. The molecule has 80 valence electrons. The summed E-state index contributed by atoms with van der Waals surface area (Å²) >= 11 is 6.13. The molecule has 1 aliphatic heterocycles. The van der Waals surface area contributed by atoms with Gasteiger partial charge in [-0.05, 0) is 37.5 Å². The van der Waals surface area contributed by atoms with Crippen LogP contribution in [0.4, 0.5) is 5.69 Å². The smallest absolute Gasteiger partial charge is 0.227 e. The van der Waals surface area contributed by atoms with Gasteiger partial charge in [0.15, 0.2) is 0 Å². The molecule has 1 saturated heterocycles. The van der Waals surface area contributed by atoms with Crippen molar-refractivity contribution < 1.29 is 4.79 Å². The Morgan fingerprint density at radius 1 is 1.33 bits per heavy atom. The van der Waals surface area contributed by atoms with Gasteiger partial charge in [-0.2, -0.15) is 0 Å². The SMILES string of the molecule is Cc1ccc(N2CCCCC2=O)c(Cl)c1. The van der Waals surface area contributed by atoms with Crippen LogP contribution in [0.5, 0.6) is 0 Å². The van der Waals surface area contributed by atoms with Crippen LogP contribution in [0.3, 0.4) is 0 Å². The van der Waals surface area contributed by atoms with Crippen molar-refractivity contribution in [3.05, 3.63) is 28.8 Å². The minimum absolute atomic E-state index is 0.187. The van der Waals surface area contributed by atoms with E-state index in [-0.39, 0.29) is 5.91 Å². The molecule has 3 heteroatoms. The van der Waals surface area contributed by atoms with Crippen molar-refractivity contribution in [3.63, 3.8) is 0 Å². The minimum Gasteiger partial charge on any atom is -0.311 e. The summed E-state index contributed by atoms with van der Waals surface area (Å²) in [5, 5.41) is 0.672. The summed E-state index contributed by atoms with van der Waals surface area (Å²) in [6.45, 7) is 2.79. The zero-order valence-corrected chi connectivity index (χ0v) is 9.55. The fraction of sp³-hybridized carbons (Fsp3) is 0.417. The zero-order valence-electron chi connectivity index (χ0n) is 8.79. The number of rotatable bonds is 1. The van der Waals surface area contributed by atoms with E-state index in [1.807, 2.05) is 25.1 Å². The first kappa shape index (κ1) is 10.5. The Labute approximate surface area is 94.8 Å². The van der Waals surface area contributed by atoms with Crippen LogP contribution in [0.25, 0.3) is 0 Å². The van der Waals surface area contributed by atoms with Crippen molar-refractivity contribution in [2.24, 2.45) is 0 Å². The van der Waals surface area contributed by atoms with Crippen molar-refractivity contribution >= 4 is 23.2 Å². The van der Waals surface area contributed by atoms with Gasteiger partial charge in [-0.3, -0.25) is 4.79 Å². The average Bonchev–Trinajstić information content (AvgIpc) is 2.20. The molecule has 15 heavy (non-hydrogen) atoms. The van der Waals surface area contributed by atoms with Gasteiger partial charge in [-0.25, -0.2) is 0 Å². The predicted molar refractivity (Wildman–Crippen MR) is 62.4 cm³/mol. The minimum atomic E-state index is 0.187.